The van der Waals surface area contributed by atoms with Crippen LogP contribution in [0.15, 0.2) is 90.0 Å². The minimum Gasteiger partial charge on any atom is -0.350 e. The molecule has 4 aromatic rings. The Morgan fingerprint density at radius 2 is 1.64 bits per heavy atom. The van der Waals surface area contributed by atoms with Gasteiger partial charge in [-0.15, -0.1) is 0 Å². The molecule has 0 unspecified atom stereocenters. The maximum absolute atomic E-state index is 13.1. The molecule has 0 bridgehead atoms. The van der Waals surface area contributed by atoms with E-state index in [0.29, 0.717) is 16.5 Å². The molecule has 1 saturated heterocycles. The summed E-state index contributed by atoms with van der Waals surface area (Å²) in [5.74, 6) is -0.452. The maximum Gasteiger partial charge on any atom is 0.293 e. The van der Waals surface area contributed by atoms with Crippen LogP contribution in [-0.2, 0) is 29.2 Å². The highest BCUT2D eigenvalue weighted by atomic mass is 35.5. The molecule has 1 N–H and O–H groups in total. The SMILES string of the molecule is O=C(Cn1cc(/C=C2\SC(=O)N(Cc3ccc(Cl)cc3)C2=O)c2ccccc21)NCc1ccccc1. The summed E-state index contributed by atoms with van der Waals surface area (Å²) < 4.78 is 1.86. The zero-order valence-electron chi connectivity index (χ0n) is 19.2. The number of imide groups is 1. The number of amides is 3. The topological polar surface area (TPSA) is 71.4 Å². The smallest absolute Gasteiger partial charge is 0.293 e. The largest absolute Gasteiger partial charge is 0.350 e. The Kier molecular flexibility index (Phi) is 6.93. The molecule has 0 aliphatic carbocycles. The van der Waals surface area contributed by atoms with Crippen LogP contribution in [0.3, 0.4) is 0 Å². The van der Waals surface area contributed by atoms with Crippen molar-refractivity contribution < 1.29 is 14.4 Å². The fourth-order valence-electron chi connectivity index (χ4n) is 4.08. The van der Waals surface area contributed by atoms with Crippen molar-refractivity contribution in [2.24, 2.45) is 0 Å². The van der Waals surface area contributed by atoms with E-state index in [2.05, 4.69) is 5.32 Å². The van der Waals surface area contributed by atoms with Crippen molar-refractivity contribution in [1.29, 1.82) is 0 Å². The quantitative estimate of drug-likeness (QED) is 0.313. The standard InChI is InChI=1S/C28H22ClN3O3S/c29-22-12-10-20(11-13-22)16-32-27(34)25(36-28(32)35)14-21-17-31(24-9-5-4-8-23(21)24)18-26(33)30-15-19-6-2-1-3-7-19/h1-14,17H,15-16,18H2,(H,30,33)/b25-14-. The highest BCUT2D eigenvalue weighted by molar-refractivity contribution is 8.18. The fraction of sp³-hybridized carbons (Fsp3) is 0.107. The molecule has 6 nitrogen and oxygen atoms in total. The highest BCUT2D eigenvalue weighted by Crippen LogP contribution is 2.35. The Labute approximate surface area is 217 Å². The first-order chi connectivity index (χ1) is 17.5. The predicted octanol–water partition coefficient (Wildman–Crippen LogP) is 5.85. The Bertz CT molecular complexity index is 1480. The van der Waals surface area contributed by atoms with Crippen molar-refractivity contribution in [2.75, 3.05) is 0 Å². The van der Waals surface area contributed by atoms with Gasteiger partial charge >= 0.3 is 0 Å². The van der Waals surface area contributed by atoms with Gasteiger partial charge in [0, 0.05) is 34.2 Å². The number of halogens is 1. The molecular formula is C28H22ClN3O3S. The average Bonchev–Trinajstić information content (AvgIpc) is 3.36. The predicted molar refractivity (Wildman–Crippen MR) is 143 cm³/mol. The number of benzene rings is 3. The second kappa shape index (κ2) is 10.4. The van der Waals surface area contributed by atoms with Gasteiger partial charge in [0.1, 0.15) is 6.54 Å². The molecule has 2 heterocycles. The van der Waals surface area contributed by atoms with Crippen LogP contribution < -0.4 is 5.32 Å². The van der Waals surface area contributed by atoms with Crippen LogP contribution in [0.2, 0.25) is 5.02 Å². The second-order valence-corrected chi connectivity index (χ2v) is 9.82. The summed E-state index contributed by atoms with van der Waals surface area (Å²) in [6.45, 7) is 0.772. The van der Waals surface area contributed by atoms with Gasteiger partial charge in [-0.3, -0.25) is 19.3 Å². The number of nitrogens with zero attached hydrogens (tertiary/aromatic N) is 2. The number of fused-ring (bicyclic) bond motifs is 1. The van der Waals surface area contributed by atoms with Crippen LogP contribution >= 0.6 is 23.4 Å². The van der Waals surface area contributed by atoms with Gasteiger partial charge in [0.2, 0.25) is 5.91 Å². The van der Waals surface area contributed by atoms with E-state index in [9.17, 15) is 14.4 Å². The summed E-state index contributed by atoms with van der Waals surface area (Å²) in [5.41, 5.74) is 3.50. The van der Waals surface area contributed by atoms with Gasteiger partial charge in [-0.25, -0.2) is 0 Å². The van der Waals surface area contributed by atoms with Crippen LogP contribution in [0.1, 0.15) is 16.7 Å². The van der Waals surface area contributed by atoms with E-state index in [-0.39, 0.29) is 30.1 Å². The van der Waals surface area contributed by atoms with Crippen molar-refractivity contribution in [3.63, 3.8) is 0 Å². The van der Waals surface area contributed by atoms with Gasteiger partial charge in [0.25, 0.3) is 11.1 Å². The molecule has 0 atom stereocenters. The Hall–Kier alpha value is -3.81. The normalized spacial score (nSPS) is 14.7. The van der Waals surface area contributed by atoms with Gasteiger partial charge in [0.15, 0.2) is 0 Å². The maximum atomic E-state index is 13.1. The molecule has 1 aromatic heterocycles. The molecular weight excluding hydrogens is 494 g/mol. The van der Waals surface area contributed by atoms with Gasteiger partial charge in [-0.2, -0.15) is 0 Å². The van der Waals surface area contributed by atoms with Crippen LogP contribution in [-0.4, -0.2) is 26.5 Å². The number of nitrogens with one attached hydrogen (secondary N) is 1. The molecule has 1 aliphatic rings. The number of thioether (sulfide) groups is 1. The number of carbonyl (C=O) groups excluding carboxylic acids is 3. The summed E-state index contributed by atoms with van der Waals surface area (Å²) in [5, 5.41) is 4.13. The molecule has 3 amide bonds. The zero-order chi connectivity index (χ0) is 25.1. The van der Waals surface area contributed by atoms with Crippen LogP contribution in [0.4, 0.5) is 4.79 Å². The molecule has 3 aromatic carbocycles. The van der Waals surface area contributed by atoms with Crippen molar-refractivity contribution in [3.05, 3.63) is 112 Å². The number of aromatic nitrogens is 1. The van der Waals surface area contributed by atoms with Gasteiger partial charge in [-0.1, -0.05) is 72.3 Å². The van der Waals surface area contributed by atoms with E-state index in [1.54, 1.807) is 30.3 Å². The minimum atomic E-state index is -0.336. The molecule has 0 saturated carbocycles. The van der Waals surface area contributed by atoms with Crippen molar-refractivity contribution in [1.82, 2.24) is 14.8 Å². The zero-order valence-corrected chi connectivity index (χ0v) is 20.8. The lowest BCUT2D eigenvalue weighted by atomic mass is 10.1. The van der Waals surface area contributed by atoms with E-state index >= 15 is 0 Å². The lowest BCUT2D eigenvalue weighted by Crippen LogP contribution is -2.27. The molecule has 0 spiro atoms. The van der Waals surface area contributed by atoms with Gasteiger partial charge in [-0.05, 0) is 47.2 Å². The van der Waals surface area contributed by atoms with Gasteiger partial charge in [0.05, 0.1) is 11.4 Å². The molecule has 1 fully saturated rings. The summed E-state index contributed by atoms with van der Waals surface area (Å²) in [4.78, 5) is 39.9. The van der Waals surface area contributed by atoms with Crippen molar-refractivity contribution >= 4 is 57.4 Å². The van der Waals surface area contributed by atoms with Crippen molar-refractivity contribution in [2.45, 2.75) is 19.6 Å². The van der Waals surface area contributed by atoms with E-state index in [4.69, 9.17) is 11.6 Å². The average molecular weight is 516 g/mol. The number of hydrogen-bond acceptors (Lipinski definition) is 4. The molecule has 1 aliphatic heterocycles. The van der Waals surface area contributed by atoms with E-state index < -0.39 is 0 Å². The van der Waals surface area contributed by atoms with Crippen LogP contribution in [0, 0.1) is 0 Å². The molecule has 36 heavy (non-hydrogen) atoms. The minimum absolute atomic E-state index is 0.116. The summed E-state index contributed by atoms with van der Waals surface area (Å²) in [6.07, 6.45) is 3.58. The lowest BCUT2D eigenvalue weighted by molar-refractivity contribution is -0.123. The summed E-state index contributed by atoms with van der Waals surface area (Å²) >= 11 is 6.86. The molecule has 8 heteroatoms. The Morgan fingerprint density at radius 1 is 0.917 bits per heavy atom. The summed E-state index contributed by atoms with van der Waals surface area (Å²) in [6, 6.07) is 24.5. The first kappa shape index (κ1) is 23.9. The number of rotatable bonds is 7. The Balaban J connectivity index is 1.35. The van der Waals surface area contributed by atoms with E-state index in [1.807, 2.05) is 65.4 Å². The lowest BCUT2D eigenvalue weighted by Gasteiger charge is -2.12. The number of carbonyl (C=O) groups is 3. The first-order valence-corrected chi connectivity index (χ1v) is 12.6. The molecule has 5 rings (SSSR count). The number of hydrogen-bond donors (Lipinski definition) is 1. The molecule has 0 radical (unpaired) electrons. The van der Waals surface area contributed by atoms with Crippen LogP contribution in [0.25, 0.3) is 17.0 Å². The van der Waals surface area contributed by atoms with E-state index in [1.165, 1.54) is 4.90 Å². The monoisotopic (exact) mass is 515 g/mol. The number of para-hydroxylation sites is 1. The second-order valence-electron chi connectivity index (χ2n) is 8.39. The molecule has 180 valence electrons. The fourth-order valence-corrected chi connectivity index (χ4v) is 5.03. The third-order valence-corrected chi connectivity index (χ3v) is 7.04. The Morgan fingerprint density at radius 3 is 2.42 bits per heavy atom. The summed E-state index contributed by atoms with van der Waals surface area (Å²) in [7, 11) is 0. The third kappa shape index (κ3) is 5.22. The van der Waals surface area contributed by atoms with Crippen LogP contribution in [0.5, 0.6) is 0 Å². The third-order valence-electron chi connectivity index (χ3n) is 5.88. The first-order valence-electron chi connectivity index (χ1n) is 11.4. The van der Waals surface area contributed by atoms with Crippen molar-refractivity contribution in [3.8, 4) is 0 Å². The highest BCUT2D eigenvalue weighted by Gasteiger charge is 2.35. The van der Waals surface area contributed by atoms with Gasteiger partial charge < -0.3 is 9.88 Å². The van der Waals surface area contributed by atoms with E-state index in [0.717, 1.165) is 39.4 Å².